The first-order chi connectivity index (χ1) is 8.60. The highest BCUT2D eigenvalue weighted by Gasteiger charge is 2.30. The first-order valence-electron chi connectivity index (χ1n) is 6.67. The number of halogens is 1. The Bertz CT molecular complexity index is 369. The molecule has 0 aromatic carbocycles. The Morgan fingerprint density at radius 2 is 1.94 bits per heavy atom. The van der Waals surface area contributed by atoms with Crippen molar-refractivity contribution in [2.45, 2.75) is 39.2 Å². The average molecular weight is 268 g/mol. The summed E-state index contributed by atoms with van der Waals surface area (Å²) in [5.74, 6) is 7.83. The second-order valence-corrected chi connectivity index (χ2v) is 6.16. The SMILES string of the molecule is CC1CC(C)CC(C(NN)c2ccc(Cl)cn2)C1. The van der Waals surface area contributed by atoms with Gasteiger partial charge in [-0.2, -0.15) is 0 Å². The minimum absolute atomic E-state index is 0.132. The Balaban J connectivity index is 2.14. The first-order valence-corrected chi connectivity index (χ1v) is 7.05. The van der Waals surface area contributed by atoms with Crippen molar-refractivity contribution in [2.75, 3.05) is 0 Å². The molecule has 0 spiro atoms. The third-order valence-corrected chi connectivity index (χ3v) is 4.16. The minimum Gasteiger partial charge on any atom is -0.271 e. The lowest BCUT2D eigenvalue weighted by Gasteiger charge is -2.36. The summed E-state index contributed by atoms with van der Waals surface area (Å²) in [6.45, 7) is 4.65. The topological polar surface area (TPSA) is 50.9 Å². The zero-order valence-corrected chi connectivity index (χ0v) is 11.8. The summed E-state index contributed by atoms with van der Waals surface area (Å²) >= 11 is 5.88. The zero-order valence-electron chi connectivity index (χ0n) is 11.1. The predicted octanol–water partition coefficient (Wildman–Crippen LogP) is 3.31. The normalized spacial score (nSPS) is 30.1. The van der Waals surface area contributed by atoms with E-state index < -0.39 is 0 Å². The number of nitrogens with zero attached hydrogens (tertiary/aromatic N) is 1. The number of hydrogen-bond donors (Lipinski definition) is 2. The van der Waals surface area contributed by atoms with E-state index in [9.17, 15) is 0 Å². The van der Waals surface area contributed by atoms with E-state index in [4.69, 9.17) is 17.4 Å². The maximum absolute atomic E-state index is 5.88. The van der Waals surface area contributed by atoms with E-state index in [1.165, 1.54) is 19.3 Å². The van der Waals surface area contributed by atoms with Crippen LogP contribution in [0.4, 0.5) is 0 Å². The molecule has 1 aromatic heterocycles. The van der Waals surface area contributed by atoms with Gasteiger partial charge in [0.15, 0.2) is 0 Å². The van der Waals surface area contributed by atoms with Crippen LogP contribution in [-0.2, 0) is 0 Å². The molecule has 1 aliphatic rings. The molecule has 0 saturated heterocycles. The Hall–Kier alpha value is -0.640. The van der Waals surface area contributed by atoms with Gasteiger partial charge in [-0.05, 0) is 49.1 Å². The fourth-order valence-corrected chi connectivity index (χ4v) is 3.43. The van der Waals surface area contributed by atoms with Crippen molar-refractivity contribution in [3.05, 3.63) is 29.0 Å². The number of hydrazine groups is 1. The molecule has 3 N–H and O–H groups in total. The summed E-state index contributed by atoms with van der Waals surface area (Å²) < 4.78 is 0. The number of hydrogen-bond acceptors (Lipinski definition) is 3. The quantitative estimate of drug-likeness (QED) is 0.653. The molecule has 0 radical (unpaired) electrons. The average Bonchev–Trinajstić information content (AvgIpc) is 2.31. The standard InChI is InChI=1S/C14H22ClN3/c1-9-5-10(2)7-11(6-9)14(18-16)13-4-3-12(15)8-17-13/h3-4,8-11,14,18H,5-7,16H2,1-2H3. The van der Waals surface area contributed by atoms with Crippen molar-refractivity contribution in [3.8, 4) is 0 Å². The zero-order chi connectivity index (χ0) is 13.1. The van der Waals surface area contributed by atoms with Crippen LogP contribution in [0.15, 0.2) is 18.3 Å². The maximum atomic E-state index is 5.88. The van der Waals surface area contributed by atoms with Crippen LogP contribution in [0.2, 0.25) is 5.02 Å². The van der Waals surface area contributed by atoms with Gasteiger partial charge in [0.05, 0.1) is 16.8 Å². The molecule has 100 valence electrons. The predicted molar refractivity (Wildman–Crippen MR) is 75.0 cm³/mol. The van der Waals surface area contributed by atoms with E-state index in [0.29, 0.717) is 10.9 Å². The van der Waals surface area contributed by atoms with Gasteiger partial charge >= 0.3 is 0 Å². The first kappa shape index (κ1) is 13.8. The van der Waals surface area contributed by atoms with Gasteiger partial charge in [-0.15, -0.1) is 0 Å². The molecule has 0 aliphatic heterocycles. The minimum atomic E-state index is 0.132. The highest BCUT2D eigenvalue weighted by molar-refractivity contribution is 6.30. The molecular weight excluding hydrogens is 246 g/mol. The maximum Gasteiger partial charge on any atom is 0.0660 e. The van der Waals surface area contributed by atoms with Gasteiger partial charge in [0.25, 0.3) is 0 Å². The number of rotatable bonds is 3. The van der Waals surface area contributed by atoms with Gasteiger partial charge in [-0.3, -0.25) is 16.3 Å². The lowest BCUT2D eigenvalue weighted by Crippen LogP contribution is -2.37. The molecule has 2 rings (SSSR count). The number of pyridine rings is 1. The van der Waals surface area contributed by atoms with Crippen molar-refractivity contribution in [2.24, 2.45) is 23.6 Å². The summed E-state index contributed by atoms with van der Waals surface area (Å²) in [5, 5.41) is 0.667. The summed E-state index contributed by atoms with van der Waals surface area (Å²) in [4.78, 5) is 4.40. The van der Waals surface area contributed by atoms with Crippen LogP contribution >= 0.6 is 11.6 Å². The molecule has 3 nitrogen and oxygen atoms in total. The Morgan fingerprint density at radius 3 is 2.44 bits per heavy atom. The van der Waals surface area contributed by atoms with Gasteiger partial charge in [-0.25, -0.2) is 0 Å². The summed E-state index contributed by atoms with van der Waals surface area (Å²) in [6.07, 6.45) is 5.44. The Labute approximate surface area is 114 Å². The lowest BCUT2D eigenvalue weighted by molar-refractivity contribution is 0.175. The number of nitrogens with two attached hydrogens (primary N) is 1. The largest absolute Gasteiger partial charge is 0.271 e. The van der Waals surface area contributed by atoms with E-state index in [-0.39, 0.29) is 6.04 Å². The van der Waals surface area contributed by atoms with Crippen molar-refractivity contribution in [1.82, 2.24) is 10.4 Å². The van der Waals surface area contributed by atoms with Crippen LogP contribution in [-0.4, -0.2) is 4.98 Å². The number of aromatic nitrogens is 1. The van der Waals surface area contributed by atoms with Gasteiger partial charge in [-0.1, -0.05) is 25.4 Å². The highest BCUT2D eigenvalue weighted by Crippen LogP contribution is 2.39. The van der Waals surface area contributed by atoms with Crippen LogP contribution in [0.1, 0.15) is 44.8 Å². The van der Waals surface area contributed by atoms with E-state index >= 15 is 0 Å². The van der Waals surface area contributed by atoms with Gasteiger partial charge < -0.3 is 0 Å². The van der Waals surface area contributed by atoms with E-state index in [1.54, 1.807) is 6.20 Å². The van der Waals surface area contributed by atoms with Crippen LogP contribution < -0.4 is 11.3 Å². The smallest absolute Gasteiger partial charge is 0.0660 e. The summed E-state index contributed by atoms with van der Waals surface area (Å²) in [6, 6.07) is 3.98. The molecule has 1 aliphatic carbocycles. The van der Waals surface area contributed by atoms with Gasteiger partial charge in [0.2, 0.25) is 0 Å². The molecule has 0 bridgehead atoms. The van der Waals surface area contributed by atoms with Gasteiger partial charge in [0.1, 0.15) is 0 Å². The monoisotopic (exact) mass is 267 g/mol. The van der Waals surface area contributed by atoms with Crippen molar-refractivity contribution in [3.63, 3.8) is 0 Å². The van der Waals surface area contributed by atoms with Crippen LogP contribution in [0.5, 0.6) is 0 Å². The molecular formula is C14H22ClN3. The van der Waals surface area contributed by atoms with Crippen LogP contribution in [0, 0.1) is 17.8 Å². The van der Waals surface area contributed by atoms with Crippen molar-refractivity contribution >= 4 is 11.6 Å². The molecule has 18 heavy (non-hydrogen) atoms. The molecule has 1 fully saturated rings. The van der Waals surface area contributed by atoms with Crippen molar-refractivity contribution in [1.29, 1.82) is 0 Å². The van der Waals surface area contributed by atoms with Crippen LogP contribution in [0.25, 0.3) is 0 Å². The van der Waals surface area contributed by atoms with E-state index in [1.807, 2.05) is 12.1 Å². The van der Waals surface area contributed by atoms with Crippen LogP contribution in [0.3, 0.4) is 0 Å². The molecule has 4 heteroatoms. The molecule has 1 saturated carbocycles. The third-order valence-electron chi connectivity index (χ3n) is 3.93. The van der Waals surface area contributed by atoms with Crippen molar-refractivity contribution < 1.29 is 0 Å². The second kappa shape index (κ2) is 6.00. The number of nitrogens with one attached hydrogen (secondary N) is 1. The molecule has 1 aromatic rings. The fourth-order valence-electron chi connectivity index (χ4n) is 3.32. The fraction of sp³-hybridized carbons (Fsp3) is 0.643. The molecule has 3 unspecified atom stereocenters. The van der Waals surface area contributed by atoms with Gasteiger partial charge in [0, 0.05) is 6.20 Å². The highest BCUT2D eigenvalue weighted by atomic mass is 35.5. The Kier molecular flexibility index (Phi) is 4.60. The Morgan fingerprint density at radius 1 is 1.28 bits per heavy atom. The van der Waals surface area contributed by atoms with E-state index in [0.717, 1.165) is 17.5 Å². The summed E-state index contributed by atoms with van der Waals surface area (Å²) in [5.41, 5.74) is 3.94. The summed E-state index contributed by atoms with van der Waals surface area (Å²) in [7, 11) is 0. The third kappa shape index (κ3) is 3.22. The second-order valence-electron chi connectivity index (χ2n) is 5.72. The van der Waals surface area contributed by atoms with E-state index in [2.05, 4.69) is 24.3 Å². The molecule has 0 amide bonds. The lowest BCUT2D eigenvalue weighted by atomic mass is 9.73. The molecule has 3 atom stereocenters. The molecule has 1 heterocycles.